The summed E-state index contributed by atoms with van der Waals surface area (Å²) in [4.78, 5) is 25.1. The summed E-state index contributed by atoms with van der Waals surface area (Å²) in [6, 6.07) is 17.6. The number of amides is 2. The Morgan fingerprint density at radius 1 is 1.00 bits per heavy atom. The second-order valence-corrected chi connectivity index (χ2v) is 5.86. The van der Waals surface area contributed by atoms with Gasteiger partial charge in [-0.05, 0) is 37.1 Å². The molecule has 124 valence electrons. The van der Waals surface area contributed by atoms with Crippen LogP contribution < -0.4 is 16.0 Å². The summed E-state index contributed by atoms with van der Waals surface area (Å²) in [5.74, 6) is -0.386. The minimum Gasteiger partial charge on any atom is -0.339 e. The van der Waals surface area contributed by atoms with Crippen molar-refractivity contribution in [2.75, 3.05) is 11.9 Å². The fourth-order valence-corrected chi connectivity index (χ4v) is 2.83. The third-order valence-electron chi connectivity index (χ3n) is 4.10. The number of nitrogens with one attached hydrogen (secondary N) is 3. The molecule has 3 rings (SSSR count). The molecule has 0 radical (unpaired) electrons. The van der Waals surface area contributed by atoms with Crippen molar-refractivity contribution in [1.82, 2.24) is 10.6 Å². The summed E-state index contributed by atoms with van der Waals surface area (Å²) in [5, 5.41) is 8.90. The highest BCUT2D eigenvalue weighted by Crippen LogP contribution is 2.17. The number of carbonyl (C=O) groups excluding carboxylic acids is 2. The van der Waals surface area contributed by atoms with Crippen LogP contribution in [0.15, 0.2) is 60.7 Å². The standard InChI is InChI=1S/C19H21N3O2/c23-18(16-12-7-13-20-16)22-17(14-8-3-1-4-9-14)19(24)21-15-10-5-2-6-11-15/h1-6,8-11,16-17,20H,7,12-13H2,(H,21,24)(H,22,23)/t16-,17-/m0/s1. The van der Waals surface area contributed by atoms with Gasteiger partial charge in [-0.2, -0.15) is 0 Å². The van der Waals surface area contributed by atoms with Gasteiger partial charge >= 0.3 is 0 Å². The summed E-state index contributed by atoms with van der Waals surface area (Å²) in [5.41, 5.74) is 1.47. The maximum Gasteiger partial charge on any atom is 0.251 e. The normalized spacial score (nSPS) is 17.9. The molecule has 2 atom stereocenters. The Morgan fingerprint density at radius 3 is 2.29 bits per heavy atom. The van der Waals surface area contributed by atoms with Crippen LogP contribution in [0.3, 0.4) is 0 Å². The molecule has 0 spiro atoms. The van der Waals surface area contributed by atoms with Crippen LogP contribution in [0.5, 0.6) is 0 Å². The SMILES string of the molecule is O=C(N[C@H](C(=O)Nc1ccccc1)c1ccccc1)[C@@H]1CCCN1. The molecule has 0 bridgehead atoms. The lowest BCUT2D eigenvalue weighted by molar-refractivity contribution is -0.127. The first kappa shape index (κ1) is 16.2. The van der Waals surface area contributed by atoms with Crippen molar-refractivity contribution in [3.8, 4) is 0 Å². The maximum atomic E-state index is 12.7. The average Bonchev–Trinajstić information content (AvgIpc) is 3.16. The highest BCUT2D eigenvalue weighted by molar-refractivity contribution is 5.98. The Bertz CT molecular complexity index is 682. The summed E-state index contributed by atoms with van der Waals surface area (Å²) < 4.78 is 0. The second-order valence-electron chi connectivity index (χ2n) is 5.86. The molecule has 1 aliphatic heterocycles. The van der Waals surface area contributed by atoms with Gasteiger partial charge in [0.1, 0.15) is 6.04 Å². The Kier molecular flexibility index (Phi) is 5.23. The lowest BCUT2D eigenvalue weighted by Crippen LogP contribution is -2.45. The van der Waals surface area contributed by atoms with Crippen molar-refractivity contribution in [3.05, 3.63) is 66.2 Å². The summed E-state index contributed by atoms with van der Waals surface area (Å²) in [6.45, 7) is 0.838. The van der Waals surface area contributed by atoms with E-state index in [-0.39, 0.29) is 17.9 Å². The molecule has 1 aliphatic rings. The summed E-state index contributed by atoms with van der Waals surface area (Å²) >= 11 is 0. The Hall–Kier alpha value is -2.66. The van der Waals surface area contributed by atoms with Gasteiger partial charge in [-0.3, -0.25) is 9.59 Å². The molecule has 0 aliphatic carbocycles. The first-order valence-corrected chi connectivity index (χ1v) is 8.18. The molecule has 0 aromatic heterocycles. The Balaban J connectivity index is 1.76. The molecule has 1 heterocycles. The predicted octanol–water partition coefficient (Wildman–Crippen LogP) is 2.23. The highest BCUT2D eigenvalue weighted by Gasteiger charge is 2.28. The average molecular weight is 323 g/mol. The van der Waals surface area contributed by atoms with E-state index in [0.717, 1.165) is 24.9 Å². The number of hydrogen-bond donors (Lipinski definition) is 3. The molecule has 2 aromatic carbocycles. The topological polar surface area (TPSA) is 70.2 Å². The van der Waals surface area contributed by atoms with Gasteiger partial charge in [0.2, 0.25) is 5.91 Å². The van der Waals surface area contributed by atoms with Crippen LogP contribution in [-0.4, -0.2) is 24.4 Å². The quantitative estimate of drug-likeness (QED) is 0.790. The van der Waals surface area contributed by atoms with Gasteiger partial charge in [0.15, 0.2) is 0 Å². The van der Waals surface area contributed by atoms with Crippen LogP contribution in [0.25, 0.3) is 0 Å². The number of benzene rings is 2. The van der Waals surface area contributed by atoms with E-state index in [1.165, 1.54) is 0 Å². The largest absolute Gasteiger partial charge is 0.339 e. The van der Waals surface area contributed by atoms with E-state index in [9.17, 15) is 9.59 Å². The number of rotatable bonds is 5. The first-order valence-electron chi connectivity index (χ1n) is 8.18. The van der Waals surface area contributed by atoms with Crippen molar-refractivity contribution >= 4 is 17.5 Å². The monoisotopic (exact) mass is 323 g/mol. The van der Waals surface area contributed by atoms with Gasteiger partial charge in [-0.1, -0.05) is 48.5 Å². The fourth-order valence-electron chi connectivity index (χ4n) is 2.83. The fraction of sp³-hybridized carbons (Fsp3) is 0.263. The minimum absolute atomic E-state index is 0.135. The molecule has 1 saturated heterocycles. The maximum absolute atomic E-state index is 12.7. The number of para-hydroxylation sites is 1. The van der Waals surface area contributed by atoms with Gasteiger partial charge in [0.25, 0.3) is 5.91 Å². The van der Waals surface area contributed by atoms with Crippen LogP contribution in [-0.2, 0) is 9.59 Å². The lowest BCUT2D eigenvalue weighted by Gasteiger charge is -2.21. The number of carbonyl (C=O) groups is 2. The number of hydrogen-bond acceptors (Lipinski definition) is 3. The van der Waals surface area contributed by atoms with Crippen LogP contribution >= 0.6 is 0 Å². The zero-order valence-electron chi connectivity index (χ0n) is 13.4. The zero-order chi connectivity index (χ0) is 16.8. The van der Waals surface area contributed by atoms with Crippen molar-refractivity contribution in [2.24, 2.45) is 0 Å². The zero-order valence-corrected chi connectivity index (χ0v) is 13.4. The van der Waals surface area contributed by atoms with E-state index < -0.39 is 6.04 Å². The van der Waals surface area contributed by atoms with E-state index in [0.29, 0.717) is 5.69 Å². The van der Waals surface area contributed by atoms with E-state index in [4.69, 9.17) is 0 Å². The molecule has 24 heavy (non-hydrogen) atoms. The molecule has 0 saturated carbocycles. The van der Waals surface area contributed by atoms with Crippen molar-refractivity contribution in [2.45, 2.75) is 24.9 Å². The third-order valence-corrected chi connectivity index (χ3v) is 4.10. The molecule has 2 amide bonds. The van der Waals surface area contributed by atoms with Crippen molar-refractivity contribution in [3.63, 3.8) is 0 Å². The highest BCUT2D eigenvalue weighted by atomic mass is 16.2. The molecule has 3 N–H and O–H groups in total. The minimum atomic E-state index is -0.721. The van der Waals surface area contributed by atoms with Crippen LogP contribution in [0.2, 0.25) is 0 Å². The molecular weight excluding hydrogens is 302 g/mol. The van der Waals surface area contributed by atoms with Crippen molar-refractivity contribution < 1.29 is 9.59 Å². The molecular formula is C19H21N3O2. The predicted molar refractivity (Wildman–Crippen MR) is 93.4 cm³/mol. The van der Waals surface area contributed by atoms with E-state index in [1.54, 1.807) is 0 Å². The van der Waals surface area contributed by atoms with E-state index in [2.05, 4.69) is 16.0 Å². The third kappa shape index (κ3) is 4.00. The van der Waals surface area contributed by atoms with Crippen LogP contribution in [0, 0.1) is 0 Å². The van der Waals surface area contributed by atoms with Gasteiger partial charge in [0, 0.05) is 5.69 Å². The molecule has 1 fully saturated rings. The summed E-state index contributed by atoms with van der Waals surface area (Å²) in [6.07, 6.45) is 1.78. The molecule has 2 aromatic rings. The molecule has 5 heteroatoms. The molecule has 0 unspecified atom stereocenters. The van der Waals surface area contributed by atoms with Gasteiger partial charge in [-0.25, -0.2) is 0 Å². The van der Waals surface area contributed by atoms with Gasteiger partial charge in [-0.15, -0.1) is 0 Å². The van der Waals surface area contributed by atoms with Crippen LogP contribution in [0.4, 0.5) is 5.69 Å². The van der Waals surface area contributed by atoms with Crippen LogP contribution in [0.1, 0.15) is 24.4 Å². The lowest BCUT2D eigenvalue weighted by atomic mass is 10.0. The van der Waals surface area contributed by atoms with Crippen molar-refractivity contribution in [1.29, 1.82) is 0 Å². The van der Waals surface area contributed by atoms with E-state index >= 15 is 0 Å². The second kappa shape index (κ2) is 7.75. The summed E-state index contributed by atoms with van der Waals surface area (Å²) in [7, 11) is 0. The van der Waals surface area contributed by atoms with E-state index in [1.807, 2.05) is 60.7 Å². The molecule has 5 nitrogen and oxygen atoms in total. The first-order chi connectivity index (χ1) is 11.7. The Morgan fingerprint density at radius 2 is 1.67 bits per heavy atom. The van der Waals surface area contributed by atoms with Gasteiger partial charge in [0.05, 0.1) is 6.04 Å². The smallest absolute Gasteiger partial charge is 0.251 e. The number of anilines is 1. The van der Waals surface area contributed by atoms with Gasteiger partial charge < -0.3 is 16.0 Å². The Labute approximate surface area is 141 Å².